The van der Waals surface area contributed by atoms with Gasteiger partial charge in [-0.1, -0.05) is 0 Å². The topological polar surface area (TPSA) is 60.2 Å². The van der Waals surface area contributed by atoms with Gasteiger partial charge >= 0.3 is 0 Å². The zero-order valence-electron chi connectivity index (χ0n) is 8.43. The number of nitrogens with zero attached hydrogens (tertiary/aromatic N) is 3. The lowest BCUT2D eigenvalue weighted by molar-refractivity contribution is 0.238. The second kappa shape index (κ2) is 4.28. The van der Waals surface area contributed by atoms with Crippen molar-refractivity contribution in [3.8, 4) is 6.07 Å². The van der Waals surface area contributed by atoms with Crippen molar-refractivity contribution in [1.29, 1.82) is 5.26 Å². The van der Waals surface area contributed by atoms with Crippen LogP contribution in [0.5, 0.6) is 0 Å². The van der Waals surface area contributed by atoms with Gasteiger partial charge in [-0.2, -0.15) is 5.26 Å². The first-order chi connectivity index (χ1) is 7.35. The van der Waals surface area contributed by atoms with Gasteiger partial charge in [-0.05, 0) is 18.6 Å². The Bertz CT molecular complexity index is 386. The maximum atomic E-state index is 9.05. The summed E-state index contributed by atoms with van der Waals surface area (Å²) in [5, 5.41) is 18.0. The van der Waals surface area contributed by atoms with Crippen LogP contribution in [0, 0.1) is 17.2 Å². The Morgan fingerprint density at radius 2 is 2.53 bits per heavy atom. The van der Waals surface area contributed by atoms with Crippen molar-refractivity contribution in [3.63, 3.8) is 0 Å². The van der Waals surface area contributed by atoms with Crippen LogP contribution in [-0.4, -0.2) is 29.8 Å². The van der Waals surface area contributed by atoms with Crippen LogP contribution in [0.3, 0.4) is 0 Å². The van der Waals surface area contributed by atoms with Crippen molar-refractivity contribution in [2.45, 2.75) is 6.42 Å². The Hall–Kier alpha value is -1.60. The van der Waals surface area contributed by atoms with Crippen LogP contribution in [0.1, 0.15) is 12.0 Å². The van der Waals surface area contributed by atoms with E-state index in [0.29, 0.717) is 11.5 Å². The summed E-state index contributed by atoms with van der Waals surface area (Å²) in [5.41, 5.74) is 0.607. The van der Waals surface area contributed by atoms with E-state index >= 15 is 0 Å². The summed E-state index contributed by atoms with van der Waals surface area (Å²) in [6.45, 7) is 1.88. The molecule has 1 fully saturated rings. The quantitative estimate of drug-likeness (QED) is 0.771. The summed E-state index contributed by atoms with van der Waals surface area (Å²) in [4.78, 5) is 6.29. The second-order valence-electron chi connectivity index (χ2n) is 3.77. The fourth-order valence-electron chi connectivity index (χ4n) is 1.91. The molecule has 78 valence electrons. The highest BCUT2D eigenvalue weighted by Crippen LogP contribution is 2.24. The minimum absolute atomic E-state index is 0.214. The van der Waals surface area contributed by atoms with Gasteiger partial charge in [0.05, 0.1) is 5.56 Å². The summed E-state index contributed by atoms with van der Waals surface area (Å²) >= 11 is 0. The molecule has 0 bridgehead atoms. The predicted octanol–water partition coefficient (Wildman–Crippen LogP) is 0.772. The Morgan fingerprint density at radius 1 is 1.67 bits per heavy atom. The molecular formula is C11H13N3O. The van der Waals surface area contributed by atoms with Crippen LogP contribution in [0.4, 0.5) is 5.82 Å². The number of aliphatic hydroxyl groups excluding tert-OH is 1. The first kappa shape index (κ1) is 9.94. The average Bonchev–Trinajstić information content (AvgIpc) is 2.77. The minimum atomic E-state index is 0.214. The van der Waals surface area contributed by atoms with Crippen molar-refractivity contribution < 1.29 is 5.11 Å². The van der Waals surface area contributed by atoms with E-state index in [1.165, 1.54) is 0 Å². The van der Waals surface area contributed by atoms with Crippen LogP contribution in [-0.2, 0) is 0 Å². The number of pyridine rings is 1. The van der Waals surface area contributed by atoms with Crippen LogP contribution in [0.15, 0.2) is 18.3 Å². The van der Waals surface area contributed by atoms with Gasteiger partial charge in [0, 0.05) is 31.8 Å². The van der Waals surface area contributed by atoms with E-state index in [1.807, 2.05) is 0 Å². The highest BCUT2D eigenvalue weighted by molar-refractivity contribution is 5.53. The number of hydrogen-bond donors (Lipinski definition) is 1. The molecule has 1 saturated heterocycles. The molecule has 4 nitrogen and oxygen atoms in total. The van der Waals surface area contributed by atoms with Crippen molar-refractivity contribution in [2.24, 2.45) is 5.92 Å². The molecule has 0 aliphatic carbocycles. The minimum Gasteiger partial charge on any atom is -0.396 e. The predicted molar refractivity (Wildman–Crippen MR) is 56.4 cm³/mol. The van der Waals surface area contributed by atoms with Crippen molar-refractivity contribution in [3.05, 3.63) is 23.9 Å². The Kier molecular flexibility index (Phi) is 2.84. The normalized spacial score (nSPS) is 20.3. The van der Waals surface area contributed by atoms with Gasteiger partial charge in [-0.25, -0.2) is 4.98 Å². The zero-order valence-corrected chi connectivity index (χ0v) is 8.43. The Morgan fingerprint density at radius 3 is 3.20 bits per heavy atom. The third kappa shape index (κ3) is 1.92. The monoisotopic (exact) mass is 203 g/mol. The molecule has 0 amide bonds. The lowest BCUT2D eigenvalue weighted by atomic mass is 10.1. The Labute approximate surface area is 88.8 Å². The molecule has 0 saturated carbocycles. The van der Waals surface area contributed by atoms with Crippen molar-refractivity contribution >= 4 is 5.82 Å². The number of nitriles is 1. The average molecular weight is 203 g/mol. The third-order valence-electron chi connectivity index (χ3n) is 2.75. The SMILES string of the molecule is N#Cc1cccnc1N1CC[C@@H](CO)C1. The molecule has 1 aromatic heterocycles. The lowest BCUT2D eigenvalue weighted by Crippen LogP contribution is -2.22. The van der Waals surface area contributed by atoms with Crippen LogP contribution >= 0.6 is 0 Å². The van der Waals surface area contributed by atoms with Gasteiger partial charge in [0.25, 0.3) is 0 Å². The molecule has 1 atom stereocenters. The third-order valence-corrected chi connectivity index (χ3v) is 2.75. The van der Waals surface area contributed by atoms with Crippen LogP contribution in [0.2, 0.25) is 0 Å². The smallest absolute Gasteiger partial charge is 0.146 e. The molecule has 4 heteroatoms. The fourth-order valence-corrected chi connectivity index (χ4v) is 1.91. The molecule has 1 N–H and O–H groups in total. The molecule has 1 aliphatic heterocycles. The van der Waals surface area contributed by atoms with Gasteiger partial charge < -0.3 is 10.0 Å². The molecule has 15 heavy (non-hydrogen) atoms. The molecule has 0 radical (unpaired) electrons. The molecular weight excluding hydrogens is 190 g/mol. The molecule has 0 unspecified atom stereocenters. The number of hydrogen-bond acceptors (Lipinski definition) is 4. The molecule has 2 heterocycles. The Balaban J connectivity index is 2.20. The van der Waals surface area contributed by atoms with E-state index < -0.39 is 0 Å². The highest BCUT2D eigenvalue weighted by Gasteiger charge is 2.24. The molecule has 0 aromatic carbocycles. The van der Waals surface area contributed by atoms with E-state index in [4.69, 9.17) is 10.4 Å². The number of rotatable bonds is 2. The van der Waals surface area contributed by atoms with Crippen molar-refractivity contribution in [1.82, 2.24) is 4.98 Å². The van der Waals surface area contributed by atoms with Gasteiger partial charge in [-0.15, -0.1) is 0 Å². The van der Waals surface area contributed by atoms with E-state index in [2.05, 4.69) is 16.0 Å². The summed E-state index contributed by atoms with van der Waals surface area (Å²) < 4.78 is 0. The van der Waals surface area contributed by atoms with Crippen molar-refractivity contribution in [2.75, 3.05) is 24.6 Å². The largest absolute Gasteiger partial charge is 0.396 e. The highest BCUT2D eigenvalue weighted by atomic mass is 16.3. The first-order valence-electron chi connectivity index (χ1n) is 5.06. The van der Waals surface area contributed by atoms with Crippen LogP contribution in [0.25, 0.3) is 0 Å². The zero-order chi connectivity index (χ0) is 10.7. The van der Waals surface area contributed by atoms with E-state index in [-0.39, 0.29) is 6.61 Å². The molecule has 0 spiro atoms. The maximum absolute atomic E-state index is 9.05. The van der Waals surface area contributed by atoms with Gasteiger partial charge in [-0.3, -0.25) is 0 Å². The van der Waals surface area contributed by atoms with Gasteiger partial charge in [0.15, 0.2) is 0 Å². The first-order valence-corrected chi connectivity index (χ1v) is 5.06. The standard InChI is InChI=1S/C11H13N3O/c12-6-10-2-1-4-13-11(10)14-5-3-9(7-14)8-15/h1-2,4,9,15H,3,5,7-8H2/t9-/m1/s1. The summed E-state index contributed by atoms with van der Waals surface area (Å²) in [6, 6.07) is 5.68. The number of anilines is 1. The number of aliphatic hydroxyl groups is 1. The summed E-state index contributed by atoms with van der Waals surface area (Å²) in [7, 11) is 0. The summed E-state index contributed by atoms with van der Waals surface area (Å²) in [5.74, 6) is 1.06. The fraction of sp³-hybridized carbons (Fsp3) is 0.455. The number of aromatic nitrogens is 1. The molecule has 2 rings (SSSR count). The van der Waals surface area contributed by atoms with Crippen LogP contribution < -0.4 is 4.90 Å². The van der Waals surface area contributed by atoms with E-state index in [1.54, 1.807) is 18.3 Å². The summed E-state index contributed by atoms with van der Waals surface area (Å²) in [6.07, 6.45) is 2.67. The molecule has 1 aliphatic rings. The van der Waals surface area contributed by atoms with E-state index in [9.17, 15) is 0 Å². The van der Waals surface area contributed by atoms with Gasteiger partial charge in [0.1, 0.15) is 11.9 Å². The second-order valence-corrected chi connectivity index (χ2v) is 3.77. The lowest BCUT2D eigenvalue weighted by Gasteiger charge is -2.17. The molecule has 1 aromatic rings. The van der Waals surface area contributed by atoms with Gasteiger partial charge in [0.2, 0.25) is 0 Å². The maximum Gasteiger partial charge on any atom is 0.146 e. The van der Waals surface area contributed by atoms with E-state index in [0.717, 1.165) is 25.3 Å².